The summed E-state index contributed by atoms with van der Waals surface area (Å²) in [5.74, 6) is 0. The normalized spacial score (nSPS) is 0. The molecule has 0 atom stereocenters. The third kappa shape index (κ3) is 127000. The topological polar surface area (TPSA) is 567 Å². The maximum atomic E-state index is 0. The van der Waals surface area contributed by atoms with E-state index in [0.717, 1.165) is 0 Å². The monoisotopic (exact) mass is 354 g/mol. The Morgan fingerprint density at radius 1 is 0.105 bits per heavy atom. The van der Waals surface area contributed by atoms with Gasteiger partial charge < -0.3 is 98.6 Å². The van der Waals surface area contributed by atoms with E-state index >= 15 is 0 Å². The van der Waals surface area contributed by atoms with Gasteiger partial charge in [0.15, 0.2) is 17.4 Å². The van der Waals surface area contributed by atoms with Crippen molar-refractivity contribution in [2.45, 2.75) is 0 Å². The second kappa shape index (κ2) is 143000. The van der Waals surface area contributed by atoms with Gasteiger partial charge in [0.25, 0.3) is 0 Å². The molecule has 36 N–H and O–H groups in total. The van der Waals surface area contributed by atoms with Crippen LogP contribution in [0.4, 0.5) is 0 Å². The molecule has 18 nitrogen and oxygen atoms in total. The molecule has 0 aromatic rings. The van der Waals surface area contributed by atoms with Gasteiger partial charge in [0.05, 0.1) is 0 Å². The maximum absolute atomic E-state index is 0. The first kappa shape index (κ1) is 170000. The van der Waals surface area contributed by atoms with Crippen molar-refractivity contribution in [1.29, 1.82) is 0 Å². The van der Waals surface area contributed by atoms with Gasteiger partial charge in [-0.1, -0.05) is 0 Å². The maximum Gasteiger partial charge on any atom is 0.187 e. The summed E-state index contributed by atoms with van der Waals surface area (Å²) in [6.07, 6.45) is 0. The molecule has 0 heterocycles. The minimum atomic E-state index is 0. The summed E-state index contributed by atoms with van der Waals surface area (Å²) >= 11 is 0. The van der Waals surface area contributed by atoms with E-state index in [2.05, 4.69) is 0 Å². The van der Waals surface area contributed by atoms with Gasteiger partial charge in [-0.3, -0.25) is 0 Å². The van der Waals surface area contributed by atoms with Gasteiger partial charge in [-0.15, -0.1) is 0 Å². The lowest BCUT2D eigenvalue weighted by Gasteiger charge is -0.413. The van der Waals surface area contributed by atoms with Crippen molar-refractivity contribution in [2.75, 3.05) is 0 Å². The van der Waals surface area contributed by atoms with Crippen LogP contribution in [0.5, 0.6) is 0 Å². The first-order chi connectivity index (χ1) is 0. The van der Waals surface area contributed by atoms with Crippen LogP contribution in [0.2, 0.25) is 0 Å². The highest BCUT2D eigenvalue weighted by molar-refractivity contribution is 5.75. The first-order valence-electron chi connectivity index (χ1n) is 0. The molecular formula is H39AlO18. The van der Waals surface area contributed by atoms with Crippen molar-refractivity contribution in [3.8, 4) is 0 Å². The Kier molecular flexibility index (Phi) is 1280000000. The molecule has 0 aliphatic carbocycles. The molecule has 0 amide bonds. The molecule has 0 unspecified atom stereocenters. The Balaban J connectivity index is 0. The molecule has 0 aliphatic rings. The van der Waals surface area contributed by atoms with Crippen LogP contribution in [-0.4, -0.2) is 116 Å². The van der Waals surface area contributed by atoms with Crippen molar-refractivity contribution < 1.29 is 98.6 Å². The van der Waals surface area contributed by atoms with Crippen LogP contribution in [0.1, 0.15) is 0 Å². The lowest BCUT2D eigenvalue weighted by Crippen LogP contribution is -0.381. The van der Waals surface area contributed by atoms with Crippen molar-refractivity contribution >= 4 is 17.4 Å². The minimum absolute atomic E-state index is 0. The van der Waals surface area contributed by atoms with E-state index in [9.17, 15) is 0 Å². The molecule has 19 heteroatoms. The Bertz CT molecular complexity index is 5.65. The van der Waals surface area contributed by atoms with E-state index in [1.807, 2.05) is 0 Å². The highest BCUT2D eigenvalue weighted by Gasteiger charge is 0.187. The fourth-order valence-corrected chi connectivity index (χ4v) is 0. The van der Waals surface area contributed by atoms with E-state index in [4.69, 9.17) is 0 Å². The largest absolute Gasteiger partial charge is 0.412 e. The Labute approximate surface area is 117 Å². The zero-order valence-corrected chi connectivity index (χ0v) is 9.00. The van der Waals surface area contributed by atoms with Crippen LogP contribution in [0.15, 0.2) is 0 Å². The molecule has 150 valence electrons. The van der Waals surface area contributed by atoms with Crippen LogP contribution in [0.3, 0.4) is 0 Å². The van der Waals surface area contributed by atoms with E-state index < -0.39 is 0 Å². The van der Waals surface area contributed by atoms with E-state index in [-0.39, 0.29) is 116 Å². The Morgan fingerprint density at radius 2 is 0.105 bits per heavy atom. The van der Waals surface area contributed by atoms with Crippen LogP contribution in [0.25, 0.3) is 0 Å². The summed E-state index contributed by atoms with van der Waals surface area (Å²) in [5, 5.41) is 0. The molecule has 0 bridgehead atoms. The fourth-order valence-electron chi connectivity index (χ4n) is 0. The Morgan fingerprint density at radius 3 is 0.105 bits per heavy atom. The van der Waals surface area contributed by atoms with E-state index in [1.165, 1.54) is 0 Å². The molecule has 0 saturated heterocycles. The molecular weight excluding hydrogens is 315 g/mol. The number of hydrogen-bond acceptors (Lipinski definition) is 0. The Hall–Kier alpha value is -0.188. The standard InChI is InChI=1S/Al.18H2O.3H/h;18*1H2;;;. The summed E-state index contributed by atoms with van der Waals surface area (Å²) in [6, 6.07) is 0. The highest BCUT2D eigenvalue weighted by atomic mass is 27.0. The zero-order chi connectivity index (χ0) is 0. The highest BCUT2D eigenvalue weighted by Crippen LogP contribution is -0.272. The first-order valence-corrected chi connectivity index (χ1v) is 0. The molecule has 0 saturated carbocycles. The zero-order valence-electron chi connectivity index (χ0n) is 9.00. The SMILES string of the molecule is O.O.O.O.O.O.O.O.O.O.O.O.O.O.O.O.O.O.[AlH3]. The smallest absolute Gasteiger partial charge is 0.187 e. The molecule has 0 aliphatic heterocycles. The second-order valence-electron chi connectivity index (χ2n) is 0. The molecule has 0 radical (unpaired) electrons. The predicted molar refractivity (Wildman–Crippen MR) is 75.0 cm³/mol. The third-order valence-electron chi connectivity index (χ3n) is 0. The molecule has 0 aromatic carbocycles. The minimum Gasteiger partial charge on any atom is -0.412 e. The van der Waals surface area contributed by atoms with Gasteiger partial charge in [0, 0.05) is 0 Å². The van der Waals surface area contributed by atoms with E-state index in [1.54, 1.807) is 0 Å². The van der Waals surface area contributed by atoms with Crippen molar-refractivity contribution in [1.82, 2.24) is 0 Å². The molecule has 0 rings (SSSR count). The van der Waals surface area contributed by atoms with Crippen molar-refractivity contribution in [3.63, 3.8) is 0 Å². The van der Waals surface area contributed by atoms with Gasteiger partial charge in [-0.2, -0.15) is 0 Å². The van der Waals surface area contributed by atoms with Crippen LogP contribution >= 0.6 is 0 Å². The average Bonchev–Trinajstić information content (AvgIpc) is 0. The van der Waals surface area contributed by atoms with Gasteiger partial charge in [-0.25, -0.2) is 0 Å². The molecule has 0 spiro atoms. The number of rotatable bonds is 0. The third-order valence-corrected chi connectivity index (χ3v) is 0. The van der Waals surface area contributed by atoms with Gasteiger partial charge >= 0.3 is 0 Å². The summed E-state index contributed by atoms with van der Waals surface area (Å²) in [4.78, 5) is 0. The van der Waals surface area contributed by atoms with Crippen molar-refractivity contribution in [3.05, 3.63) is 0 Å². The summed E-state index contributed by atoms with van der Waals surface area (Å²) in [5.41, 5.74) is 0. The lowest BCUT2D eigenvalue weighted by molar-refractivity contribution is 0.823. The summed E-state index contributed by atoms with van der Waals surface area (Å²) < 4.78 is 0. The van der Waals surface area contributed by atoms with Gasteiger partial charge in [-0.05, 0) is 0 Å². The quantitative estimate of drug-likeness (QED) is 0.365. The summed E-state index contributed by atoms with van der Waals surface area (Å²) in [7, 11) is 0. The van der Waals surface area contributed by atoms with Crippen LogP contribution in [0, 0.1) is 0 Å². The van der Waals surface area contributed by atoms with Crippen molar-refractivity contribution in [2.24, 2.45) is 0 Å². The molecule has 19 heavy (non-hydrogen) atoms. The van der Waals surface area contributed by atoms with E-state index in [0.29, 0.717) is 0 Å². The number of hydrogen-bond donors (Lipinski definition) is 0. The fraction of sp³-hybridized carbons (Fsp3) is 0. The predicted octanol–water partition coefficient (Wildman–Crippen LogP) is -16.0. The second-order valence-corrected chi connectivity index (χ2v) is 0. The average molecular weight is 354 g/mol. The molecule has 0 aromatic heterocycles. The van der Waals surface area contributed by atoms with Gasteiger partial charge in [0.1, 0.15) is 0 Å². The van der Waals surface area contributed by atoms with Crippen LogP contribution in [-0.2, 0) is 0 Å². The summed E-state index contributed by atoms with van der Waals surface area (Å²) in [6.45, 7) is 0. The lowest BCUT2D eigenvalue weighted by atomic mass is 16.0. The van der Waals surface area contributed by atoms with Crippen LogP contribution < -0.4 is 0 Å². The molecule has 0 fully saturated rings. The van der Waals surface area contributed by atoms with Gasteiger partial charge in [0.2, 0.25) is 0 Å².